The smallest absolute Gasteiger partial charge is 0.320 e. The van der Waals surface area contributed by atoms with Crippen molar-refractivity contribution in [2.45, 2.75) is 19.8 Å². The second-order valence-electron chi connectivity index (χ2n) is 4.75. The van der Waals surface area contributed by atoms with Gasteiger partial charge in [-0.15, -0.1) is 0 Å². The fraction of sp³-hybridized carbons (Fsp3) is 0.692. The van der Waals surface area contributed by atoms with Gasteiger partial charge in [0, 0.05) is 0 Å². The molecule has 112 valence electrons. The maximum atomic E-state index is 11.7. The molecule has 1 aliphatic carbocycles. The fourth-order valence-electron chi connectivity index (χ4n) is 2.48. The van der Waals surface area contributed by atoms with E-state index in [4.69, 9.17) is 0 Å². The van der Waals surface area contributed by atoms with Crippen LogP contribution in [0.1, 0.15) is 19.8 Å². The maximum Gasteiger partial charge on any atom is 0.320 e. The first kappa shape index (κ1) is 16.1. The Bertz CT molecular complexity index is 426. The molecule has 0 spiro atoms. The summed E-state index contributed by atoms with van der Waals surface area (Å²) in [6, 6.07) is 0. The molecule has 0 aromatic heterocycles. The molecule has 0 aromatic carbocycles. The van der Waals surface area contributed by atoms with Crippen LogP contribution in [0, 0.1) is 17.3 Å². The summed E-state index contributed by atoms with van der Waals surface area (Å²) in [4.78, 5) is 46.5. The zero-order valence-electron chi connectivity index (χ0n) is 11.9. The Morgan fingerprint density at radius 1 is 1.05 bits per heavy atom. The van der Waals surface area contributed by atoms with E-state index in [-0.39, 0.29) is 18.6 Å². The average Bonchev–Trinajstić information content (AvgIpc) is 3.17. The maximum absolute atomic E-state index is 11.7. The minimum absolute atomic E-state index is 0.0219. The Labute approximate surface area is 116 Å². The second-order valence-corrected chi connectivity index (χ2v) is 4.75. The van der Waals surface area contributed by atoms with Crippen molar-refractivity contribution >= 4 is 23.7 Å². The average molecular weight is 286 g/mol. The molecule has 7 heteroatoms. The van der Waals surface area contributed by atoms with E-state index >= 15 is 0 Å². The molecule has 1 aliphatic rings. The van der Waals surface area contributed by atoms with Crippen LogP contribution in [-0.2, 0) is 33.4 Å². The number of methoxy groups -OCH3 is 3. The van der Waals surface area contributed by atoms with Crippen molar-refractivity contribution in [3.63, 3.8) is 0 Å². The van der Waals surface area contributed by atoms with Gasteiger partial charge in [0.25, 0.3) is 0 Å². The summed E-state index contributed by atoms with van der Waals surface area (Å²) in [6.45, 7) is 1.29. The highest BCUT2D eigenvalue weighted by molar-refractivity contribution is 6.06. The van der Waals surface area contributed by atoms with Crippen LogP contribution in [0.2, 0.25) is 0 Å². The van der Waals surface area contributed by atoms with Gasteiger partial charge >= 0.3 is 17.9 Å². The van der Waals surface area contributed by atoms with Gasteiger partial charge in [0.15, 0.2) is 5.92 Å². The van der Waals surface area contributed by atoms with Gasteiger partial charge in [-0.3, -0.25) is 19.2 Å². The topological polar surface area (TPSA) is 96.0 Å². The van der Waals surface area contributed by atoms with Crippen LogP contribution in [-0.4, -0.2) is 45.0 Å². The minimum atomic E-state index is -1.24. The van der Waals surface area contributed by atoms with E-state index in [1.807, 2.05) is 0 Å². The van der Waals surface area contributed by atoms with Gasteiger partial charge in [0.1, 0.15) is 11.2 Å². The Kier molecular flexibility index (Phi) is 4.86. The number of hydrogen-bond donors (Lipinski definition) is 0. The molecule has 7 nitrogen and oxygen atoms in total. The van der Waals surface area contributed by atoms with Gasteiger partial charge in [-0.1, -0.05) is 0 Å². The first-order valence-corrected chi connectivity index (χ1v) is 6.10. The van der Waals surface area contributed by atoms with Gasteiger partial charge in [-0.25, -0.2) is 0 Å². The van der Waals surface area contributed by atoms with Crippen molar-refractivity contribution in [1.82, 2.24) is 0 Å². The number of carbonyl (C=O) groups excluding carboxylic acids is 4. The van der Waals surface area contributed by atoms with Crippen LogP contribution in [0.15, 0.2) is 0 Å². The lowest BCUT2D eigenvalue weighted by Crippen LogP contribution is -2.31. The lowest BCUT2D eigenvalue weighted by atomic mass is 9.93. The number of Topliss-reactive ketones (excluding diaryl/α,β-unsaturated/α-hetero) is 1. The highest BCUT2D eigenvalue weighted by Crippen LogP contribution is 2.57. The molecule has 0 aromatic rings. The largest absolute Gasteiger partial charge is 0.468 e. The Balaban J connectivity index is 2.87. The number of esters is 3. The summed E-state index contributed by atoms with van der Waals surface area (Å²) in [5.41, 5.74) is -1.24. The van der Waals surface area contributed by atoms with Crippen molar-refractivity contribution in [3.8, 4) is 0 Å². The summed E-state index contributed by atoms with van der Waals surface area (Å²) < 4.78 is 13.7. The molecule has 1 saturated carbocycles. The third kappa shape index (κ3) is 2.66. The van der Waals surface area contributed by atoms with Crippen molar-refractivity contribution in [3.05, 3.63) is 0 Å². The quantitative estimate of drug-likeness (QED) is 0.388. The highest BCUT2D eigenvalue weighted by Gasteiger charge is 2.65. The molecule has 1 rings (SSSR count). The van der Waals surface area contributed by atoms with Crippen molar-refractivity contribution in [1.29, 1.82) is 0 Å². The molecule has 20 heavy (non-hydrogen) atoms. The SMILES string of the molecule is COC(=O)C(CC1CC1(C(C)=O)C(=O)OC)C(=O)OC. The summed E-state index contributed by atoms with van der Waals surface area (Å²) in [7, 11) is 3.51. The molecule has 0 saturated heterocycles. The second kappa shape index (κ2) is 6.02. The van der Waals surface area contributed by atoms with Gasteiger partial charge < -0.3 is 14.2 Å². The van der Waals surface area contributed by atoms with Crippen LogP contribution in [0.25, 0.3) is 0 Å². The molecule has 2 unspecified atom stereocenters. The van der Waals surface area contributed by atoms with Crippen LogP contribution < -0.4 is 0 Å². The van der Waals surface area contributed by atoms with Gasteiger partial charge in [-0.2, -0.15) is 0 Å². The molecule has 0 bridgehead atoms. The van der Waals surface area contributed by atoms with Crippen molar-refractivity contribution in [2.24, 2.45) is 17.3 Å². The van der Waals surface area contributed by atoms with Crippen LogP contribution in [0.3, 0.4) is 0 Å². The van der Waals surface area contributed by atoms with E-state index in [1.165, 1.54) is 14.0 Å². The zero-order chi connectivity index (χ0) is 15.5. The van der Waals surface area contributed by atoms with Crippen molar-refractivity contribution < 1.29 is 33.4 Å². The summed E-state index contributed by atoms with van der Waals surface area (Å²) in [5, 5.41) is 0. The lowest BCUT2D eigenvalue weighted by Gasteiger charge is -2.15. The van der Waals surface area contributed by atoms with E-state index in [2.05, 4.69) is 14.2 Å². The Morgan fingerprint density at radius 2 is 1.55 bits per heavy atom. The molecule has 1 fully saturated rings. The summed E-state index contributed by atoms with van der Waals surface area (Å²) in [6.07, 6.45) is 0.285. The molecular formula is C13H18O7. The normalized spacial score (nSPS) is 23.9. The summed E-state index contributed by atoms with van der Waals surface area (Å²) in [5.74, 6) is -4.01. The van der Waals surface area contributed by atoms with Crippen LogP contribution in [0.5, 0.6) is 0 Å². The Hall–Kier alpha value is -1.92. The van der Waals surface area contributed by atoms with Crippen LogP contribution >= 0.6 is 0 Å². The number of hydrogen-bond acceptors (Lipinski definition) is 7. The first-order valence-electron chi connectivity index (χ1n) is 6.10. The van der Waals surface area contributed by atoms with E-state index < -0.39 is 35.2 Å². The predicted molar refractivity (Wildman–Crippen MR) is 65.4 cm³/mol. The van der Waals surface area contributed by atoms with Gasteiger partial charge in [0.2, 0.25) is 0 Å². The number of ketones is 1. The minimum Gasteiger partial charge on any atom is -0.468 e. The molecule has 0 N–H and O–H groups in total. The van der Waals surface area contributed by atoms with E-state index in [0.29, 0.717) is 0 Å². The number of ether oxygens (including phenoxy) is 3. The molecular weight excluding hydrogens is 268 g/mol. The van der Waals surface area contributed by atoms with Crippen molar-refractivity contribution in [2.75, 3.05) is 21.3 Å². The standard InChI is InChI=1S/C13H18O7/c1-7(14)13(12(17)20-4)6-8(13)5-9(10(15)18-2)11(16)19-3/h8-9H,5-6H2,1-4H3. The molecule has 0 aliphatic heterocycles. The number of rotatable bonds is 6. The van der Waals surface area contributed by atoms with E-state index in [0.717, 1.165) is 14.2 Å². The Morgan fingerprint density at radius 3 is 1.90 bits per heavy atom. The monoisotopic (exact) mass is 286 g/mol. The molecule has 0 amide bonds. The van der Waals surface area contributed by atoms with E-state index in [1.54, 1.807) is 0 Å². The zero-order valence-corrected chi connectivity index (χ0v) is 11.9. The van der Waals surface area contributed by atoms with Gasteiger partial charge in [0.05, 0.1) is 21.3 Å². The highest BCUT2D eigenvalue weighted by atomic mass is 16.5. The third-order valence-electron chi connectivity index (χ3n) is 3.77. The summed E-state index contributed by atoms with van der Waals surface area (Å²) >= 11 is 0. The molecule has 2 atom stereocenters. The fourth-order valence-corrected chi connectivity index (χ4v) is 2.48. The molecule has 0 radical (unpaired) electrons. The third-order valence-corrected chi connectivity index (χ3v) is 3.77. The van der Waals surface area contributed by atoms with E-state index in [9.17, 15) is 19.2 Å². The predicted octanol–water partition coefficient (Wildman–Crippen LogP) is 0.107. The molecule has 0 heterocycles. The first-order chi connectivity index (χ1) is 9.34. The van der Waals surface area contributed by atoms with Crippen LogP contribution in [0.4, 0.5) is 0 Å². The van der Waals surface area contributed by atoms with Gasteiger partial charge in [-0.05, 0) is 25.7 Å². The number of carbonyl (C=O) groups is 4. The lowest BCUT2D eigenvalue weighted by molar-refractivity contribution is -0.161.